The highest BCUT2D eigenvalue weighted by Gasteiger charge is 2.51. The Morgan fingerprint density at radius 3 is 2.35 bits per heavy atom. The number of carbonyl (C=O) groups is 1. The molecule has 0 unspecified atom stereocenters. The van der Waals surface area contributed by atoms with Gasteiger partial charge in [0.05, 0.1) is 24.9 Å². The molecule has 0 spiro atoms. The first kappa shape index (κ1) is 17.8. The zero-order valence-corrected chi connectivity index (χ0v) is 14.2. The number of hydrogen-bond donors (Lipinski definition) is 1. The van der Waals surface area contributed by atoms with Crippen LogP contribution >= 0.6 is 0 Å². The van der Waals surface area contributed by atoms with Crippen LogP contribution in [0.25, 0.3) is 0 Å². The molecular weight excluding hydrogens is 299 g/mol. The van der Waals surface area contributed by atoms with Crippen LogP contribution in [0.2, 0.25) is 0 Å². The van der Waals surface area contributed by atoms with Gasteiger partial charge in [-0.05, 0) is 45.3 Å². The van der Waals surface area contributed by atoms with Gasteiger partial charge in [-0.1, -0.05) is 6.07 Å². The van der Waals surface area contributed by atoms with Crippen molar-refractivity contribution in [1.29, 1.82) is 0 Å². The van der Waals surface area contributed by atoms with Crippen LogP contribution in [-0.2, 0) is 14.0 Å². The van der Waals surface area contributed by atoms with Gasteiger partial charge in [0.1, 0.15) is 17.9 Å². The monoisotopic (exact) mass is 322 g/mol. The Morgan fingerprint density at radius 2 is 1.83 bits per heavy atom. The second kappa shape index (κ2) is 6.51. The molecule has 0 amide bonds. The fraction of sp³-hybridized carbons (Fsp3) is 0.562. The molecule has 0 radical (unpaired) electrons. The molecule has 1 aliphatic heterocycles. The summed E-state index contributed by atoms with van der Waals surface area (Å²) < 4.78 is 22.2. The zero-order valence-electron chi connectivity index (χ0n) is 14.2. The second-order valence-electron chi connectivity index (χ2n) is 6.41. The fourth-order valence-corrected chi connectivity index (χ4v) is 2.22. The van der Waals surface area contributed by atoms with Crippen molar-refractivity contribution in [2.24, 2.45) is 0 Å². The van der Waals surface area contributed by atoms with Crippen molar-refractivity contribution in [1.82, 2.24) is 0 Å². The molecule has 0 bridgehead atoms. The van der Waals surface area contributed by atoms with Crippen molar-refractivity contribution in [2.45, 2.75) is 38.9 Å². The van der Waals surface area contributed by atoms with E-state index in [1.54, 1.807) is 18.2 Å². The summed E-state index contributed by atoms with van der Waals surface area (Å²) in [6.45, 7) is 7.81. The molecule has 0 aromatic heterocycles. The van der Waals surface area contributed by atoms with Crippen LogP contribution in [0, 0.1) is 0 Å². The van der Waals surface area contributed by atoms with E-state index in [1.165, 1.54) is 7.11 Å². The maximum absolute atomic E-state index is 11.8. The molecule has 0 atom stereocenters. The lowest BCUT2D eigenvalue weighted by Gasteiger charge is -2.32. The molecule has 1 aromatic rings. The summed E-state index contributed by atoms with van der Waals surface area (Å²) in [5.41, 5.74) is 0.126. The molecule has 6 nitrogen and oxygen atoms in total. The quantitative estimate of drug-likeness (QED) is 0.647. The molecular formula is C16H23BO6. The van der Waals surface area contributed by atoms with Gasteiger partial charge >= 0.3 is 13.1 Å². The van der Waals surface area contributed by atoms with Gasteiger partial charge in [0.2, 0.25) is 0 Å². The molecule has 1 aliphatic rings. The van der Waals surface area contributed by atoms with E-state index < -0.39 is 24.3 Å². The van der Waals surface area contributed by atoms with E-state index in [4.69, 9.17) is 23.9 Å². The van der Waals surface area contributed by atoms with Crippen LogP contribution in [0.3, 0.4) is 0 Å². The van der Waals surface area contributed by atoms with Gasteiger partial charge in [-0.25, -0.2) is 4.79 Å². The predicted molar refractivity (Wildman–Crippen MR) is 86.1 cm³/mol. The standard InChI is InChI=1S/C16H23BO6/c1-15(2)16(3,4)23-17(22-15)11-6-7-12(14(19)20-5)13(10-11)21-9-8-18/h6-7,10,18H,8-9H2,1-5H3. The van der Waals surface area contributed by atoms with Crippen molar-refractivity contribution < 1.29 is 28.7 Å². The molecule has 0 saturated carbocycles. The van der Waals surface area contributed by atoms with Gasteiger partial charge in [0.15, 0.2) is 0 Å². The maximum Gasteiger partial charge on any atom is 0.494 e. The Hall–Kier alpha value is -1.57. The molecule has 1 N–H and O–H groups in total. The van der Waals surface area contributed by atoms with Crippen LogP contribution in [0.4, 0.5) is 0 Å². The maximum atomic E-state index is 11.8. The van der Waals surface area contributed by atoms with Crippen molar-refractivity contribution >= 4 is 18.6 Å². The van der Waals surface area contributed by atoms with E-state index in [0.29, 0.717) is 11.3 Å². The number of aliphatic hydroxyl groups is 1. The molecule has 1 aromatic carbocycles. The normalized spacial score (nSPS) is 18.8. The number of methoxy groups -OCH3 is 1. The summed E-state index contributed by atoms with van der Waals surface area (Å²) >= 11 is 0. The molecule has 0 aliphatic carbocycles. The summed E-state index contributed by atoms with van der Waals surface area (Å²) in [4.78, 5) is 11.8. The van der Waals surface area contributed by atoms with Gasteiger partial charge in [0.25, 0.3) is 0 Å². The summed E-state index contributed by atoms with van der Waals surface area (Å²) in [5.74, 6) is -0.170. The van der Waals surface area contributed by atoms with Gasteiger partial charge in [-0.15, -0.1) is 0 Å². The van der Waals surface area contributed by atoms with Crippen molar-refractivity contribution in [3.05, 3.63) is 23.8 Å². The summed E-state index contributed by atoms with van der Waals surface area (Å²) in [7, 11) is 0.753. The van der Waals surface area contributed by atoms with Crippen molar-refractivity contribution in [3.8, 4) is 5.75 Å². The molecule has 23 heavy (non-hydrogen) atoms. The third-order valence-corrected chi connectivity index (χ3v) is 4.29. The predicted octanol–water partition coefficient (Wildman–Crippen LogP) is 1.14. The third kappa shape index (κ3) is 3.52. The highest BCUT2D eigenvalue weighted by molar-refractivity contribution is 6.62. The summed E-state index contributed by atoms with van der Waals surface area (Å²) in [5, 5.41) is 8.94. The Balaban J connectivity index is 2.32. The zero-order chi connectivity index (χ0) is 17.3. The number of carbonyl (C=O) groups excluding carboxylic acids is 1. The van der Waals surface area contributed by atoms with Gasteiger partial charge in [-0.3, -0.25) is 0 Å². The molecule has 7 heteroatoms. The number of ether oxygens (including phenoxy) is 2. The lowest BCUT2D eigenvalue weighted by molar-refractivity contribution is 0.00578. The van der Waals surface area contributed by atoms with E-state index in [0.717, 1.165) is 5.46 Å². The smallest absolute Gasteiger partial charge is 0.490 e. The summed E-state index contributed by atoms with van der Waals surface area (Å²) in [6.07, 6.45) is 0. The van der Waals surface area contributed by atoms with Crippen molar-refractivity contribution in [3.63, 3.8) is 0 Å². The molecule has 1 saturated heterocycles. The third-order valence-electron chi connectivity index (χ3n) is 4.29. The number of benzene rings is 1. The second-order valence-corrected chi connectivity index (χ2v) is 6.41. The minimum Gasteiger partial charge on any atom is -0.490 e. The number of aliphatic hydroxyl groups excluding tert-OH is 1. The number of hydrogen-bond acceptors (Lipinski definition) is 6. The molecule has 1 fully saturated rings. The van der Waals surface area contributed by atoms with E-state index in [9.17, 15) is 4.79 Å². The largest absolute Gasteiger partial charge is 0.494 e. The average molecular weight is 322 g/mol. The van der Waals surface area contributed by atoms with E-state index in [2.05, 4.69) is 0 Å². The first-order chi connectivity index (χ1) is 10.7. The first-order valence-electron chi connectivity index (χ1n) is 7.53. The first-order valence-corrected chi connectivity index (χ1v) is 7.53. The minimum absolute atomic E-state index is 0.0802. The van der Waals surface area contributed by atoms with E-state index >= 15 is 0 Å². The topological polar surface area (TPSA) is 74.2 Å². The van der Waals surface area contributed by atoms with Crippen LogP contribution in [0.5, 0.6) is 5.75 Å². The summed E-state index contributed by atoms with van der Waals surface area (Å²) in [6, 6.07) is 5.04. The SMILES string of the molecule is COC(=O)c1ccc(B2OC(C)(C)C(C)(C)O2)cc1OCCO. The van der Waals surface area contributed by atoms with Crippen molar-refractivity contribution in [2.75, 3.05) is 20.3 Å². The van der Waals surface area contributed by atoms with Crippen LogP contribution in [-0.4, -0.2) is 49.7 Å². The van der Waals surface area contributed by atoms with Gasteiger partial charge < -0.3 is 23.9 Å². The highest BCUT2D eigenvalue weighted by Crippen LogP contribution is 2.36. The van der Waals surface area contributed by atoms with Gasteiger partial charge in [-0.2, -0.15) is 0 Å². The van der Waals surface area contributed by atoms with E-state index in [-0.39, 0.29) is 13.2 Å². The molecule has 1 heterocycles. The van der Waals surface area contributed by atoms with Gasteiger partial charge in [0, 0.05) is 0 Å². The average Bonchev–Trinajstić information content (AvgIpc) is 2.72. The highest BCUT2D eigenvalue weighted by atomic mass is 16.7. The fourth-order valence-electron chi connectivity index (χ4n) is 2.22. The Bertz CT molecular complexity index is 568. The van der Waals surface area contributed by atoms with Crippen LogP contribution < -0.4 is 10.2 Å². The number of rotatable bonds is 5. The lowest BCUT2D eigenvalue weighted by atomic mass is 9.78. The minimum atomic E-state index is -0.553. The van der Waals surface area contributed by atoms with Crippen LogP contribution in [0.1, 0.15) is 38.1 Å². The number of esters is 1. The molecule has 126 valence electrons. The van der Waals surface area contributed by atoms with E-state index in [1.807, 2.05) is 27.7 Å². The lowest BCUT2D eigenvalue weighted by Crippen LogP contribution is -2.41. The van der Waals surface area contributed by atoms with Crippen LogP contribution in [0.15, 0.2) is 18.2 Å². The Labute approximate surface area is 136 Å². The molecule has 2 rings (SSSR count). The Kier molecular flexibility index (Phi) is 5.03. The Morgan fingerprint density at radius 1 is 1.22 bits per heavy atom.